The highest BCUT2D eigenvalue weighted by Crippen LogP contribution is 2.47. The van der Waals surface area contributed by atoms with E-state index in [0.717, 1.165) is 27.7 Å². The molecule has 0 fully saturated rings. The van der Waals surface area contributed by atoms with Crippen LogP contribution in [0.5, 0.6) is 0 Å². The van der Waals surface area contributed by atoms with Gasteiger partial charge in [-0.3, -0.25) is 4.79 Å². The molecule has 0 unspecified atom stereocenters. The first-order valence-corrected chi connectivity index (χ1v) is 16.4. The van der Waals surface area contributed by atoms with Crippen molar-refractivity contribution in [1.82, 2.24) is 4.98 Å². The fourth-order valence-electron chi connectivity index (χ4n) is 5.22. The first-order chi connectivity index (χ1) is 19.4. The van der Waals surface area contributed by atoms with Gasteiger partial charge in [0.15, 0.2) is 0 Å². The van der Waals surface area contributed by atoms with Crippen molar-refractivity contribution >= 4 is 55.4 Å². The number of carboxylic acid groups (broad SMARTS) is 1. The molecule has 0 amide bonds. The predicted molar refractivity (Wildman–Crippen MR) is 169 cm³/mol. The molecule has 1 atom stereocenters. The highest BCUT2D eigenvalue weighted by atomic mass is 35.5. The van der Waals surface area contributed by atoms with Crippen LogP contribution in [-0.4, -0.2) is 30.9 Å². The number of fused-ring (bicyclic) bond motifs is 1. The Labute approximate surface area is 248 Å². The van der Waals surface area contributed by atoms with Gasteiger partial charge >= 0.3 is 5.97 Å². The van der Waals surface area contributed by atoms with E-state index in [0.29, 0.717) is 23.4 Å². The molecule has 4 rings (SSSR count). The maximum absolute atomic E-state index is 12.4. The zero-order valence-corrected chi connectivity index (χ0v) is 25.8. The van der Waals surface area contributed by atoms with Crippen LogP contribution in [0.4, 0.5) is 0 Å². The second kappa shape index (κ2) is 12.5. The lowest BCUT2D eigenvalue weighted by atomic mass is 9.69. The fourth-order valence-corrected chi connectivity index (χ4v) is 6.61. The maximum Gasteiger partial charge on any atom is 0.377 e. The molecule has 7 heteroatoms. The molecule has 41 heavy (non-hydrogen) atoms. The summed E-state index contributed by atoms with van der Waals surface area (Å²) < 4.78 is 6.89. The van der Waals surface area contributed by atoms with E-state index in [1.165, 1.54) is 0 Å². The molecule has 0 spiro atoms. The number of ketones is 1. The molecule has 211 valence electrons. The Morgan fingerprint density at radius 3 is 2.39 bits per heavy atom. The van der Waals surface area contributed by atoms with Crippen molar-refractivity contribution < 1.29 is 19.1 Å². The number of hydrogen-bond acceptors (Lipinski definition) is 4. The van der Waals surface area contributed by atoms with Crippen molar-refractivity contribution in [3.8, 4) is 0 Å². The zero-order valence-electron chi connectivity index (χ0n) is 24.1. The molecule has 0 saturated carbocycles. The zero-order chi connectivity index (χ0) is 29.8. The first-order valence-electron chi connectivity index (χ1n) is 13.6. The number of benzene rings is 3. The lowest BCUT2D eigenvalue weighted by molar-refractivity contribution is -0.131. The topological polar surface area (TPSA) is 76.5 Å². The number of hydrogen-bond donors (Lipinski definition) is 1. The van der Waals surface area contributed by atoms with Crippen molar-refractivity contribution in [2.75, 3.05) is 0 Å². The summed E-state index contributed by atoms with van der Waals surface area (Å²) in [6, 6.07) is 25.0. The number of carbonyl (C=O) groups excluding carboxylic acids is 1. The van der Waals surface area contributed by atoms with Gasteiger partial charge in [-0.1, -0.05) is 93.0 Å². The molecule has 3 aromatic carbocycles. The van der Waals surface area contributed by atoms with E-state index in [2.05, 4.69) is 52.1 Å². The maximum atomic E-state index is 12.4. The van der Waals surface area contributed by atoms with Crippen LogP contribution < -0.4 is 0 Å². The van der Waals surface area contributed by atoms with E-state index >= 15 is 0 Å². The van der Waals surface area contributed by atoms with Gasteiger partial charge in [0, 0.05) is 16.0 Å². The Balaban J connectivity index is 1.71. The summed E-state index contributed by atoms with van der Waals surface area (Å²) >= 11 is 6.17. The van der Waals surface area contributed by atoms with Gasteiger partial charge in [0.2, 0.25) is 9.04 Å². The van der Waals surface area contributed by atoms with Crippen LogP contribution >= 0.6 is 11.6 Å². The number of carboxylic acids is 1. The molecule has 0 aliphatic rings. The van der Waals surface area contributed by atoms with Gasteiger partial charge < -0.3 is 9.53 Å². The summed E-state index contributed by atoms with van der Waals surface area (Å²) in [5.41, 5.74) is 3.67. The summed E-state index contributed by atoms with van der Waals surface area (Å²) in [5, 5.41) is 11.0. The van der Waals surface area contributed by atoms with Crippen molar-refractivity contribution in [3.63, 3.8) is 0 Å². The predicted octanol–water partition coefficient (Wildman–Crippen LogP) is 8.47. The summed E-state index contributed by atoms with van der Waals surface area (Å²) in [6.07, 6.45) is 5.10. The van der Waals surface area contributed by atoms with E-state index in [1.807, 2.05) is 60.7 Å². The summed E-state index contributed by atoms with van der Waals surface area (Å²) in [6.45, 7) is 10.7. The molecule has 5 nitrogen and oxygen atoms in total. The third-order valence-corrected chi connectivity index (χ3v) is 8.26. The van der Waals surface area contributed by atoms with Crippen LogP contribution in [0, 0.1) is 5.41 Å². The van der Waals surface area contributed by atoms with Crippen molar-refractivity contribution in [1.29, 1.82) is 0 Å². The number of Topliss-reactive ketones (excluding diaryl/α,β-unsaturated/α-hetero) is 1. The first kappa shape index (κ1) is 30.4. The Bertz CT molecular complexity index is 1610. The molecule has 0 saturated heterocycles. The summed E-state index contributed by atoms with van der Waals surface area (Å²) in [7, 11) is -1.15. The van der Waals surface area contributed by atoms with E-state index < -0.39 is 26.4 Å². The molecular formula is C34H35ClNO4Si. The average Bonchev–Trinajstić information content (AvgIpc) is 2.93. The smallest absolute Gasteiger partial charge is 0.377 e. The lowest BCUT2D eigenvalue weighted by Gasteiger charge is -2.47. The van der Waals surface area contributed by atoms with Crippen LogP contribution in [0.2, 0.25) is 18.1 Å². The van der Waals surface area contributed by atoms with Gasteiger partial charge in [-0.2, -0.15) is 0 Å². The Morgan fingerprint density at radius 2 is 1.68 bits per heavy atom. The number of nitrogens with zero attached hydrogens (tertiary/aromatic N) is 1. The van der Waals surface area contributed by atoms with Crippen LogP contribution in [0.1, 0.15) is 59.9 Å². The number of halogens is 1. The molecule has 0 aliphatic carbocycles. The minimum atomic E-state index is -1.45. The summed E-state index contributed by atoms with van der Waals surface area (Å²) in [5.74, 6) is -2.35. The SMILES string of the molecule is C[Si](C)O[C@](CCc1ccccc1C(=O)C(=O)O)(c1cccc(/C=C/c2ccc3ccc(Cl)cc3n2)c1)C(C)(C)C. The molecule has 1 radical (unpaired) electrons. The number of pyridine rings is 1. The molecule has 1 N–H and O–H groups in total. The monoisotopic (exact) mass is 584 g/mol. The van der Waals surface area contributed by atoms with E-state index in [4.69, 9.17) is 21.0 Å². The van der Waals surface area contributed by atoms with E-state index in [9.17, 15) is 14.7 Å². The van der Waals surface area contributed by atoms with Crippen molar-refractivity contribution in [3.05, 3.63) is 112 Å². The van der Waals surface area contributed by atoms with Gasteiger partial charge in [0.05, 0.1) is 16.8 Å². The Morgan fingerprint density at radius 1 is 0.951 bits per heavy atom. The second-order valence-electron chi connectivity index (χ2n) is 11.4. The van der Waals surface area contributed by atoms with E-state index in [1.54, 1.807) is 12.1 Å². The van der Waals surface area contributed by atoms with Gasteiger partial charge in [-0.05, 0) is 78.4 Å². The molecular weight excluding hydrogens is 550 g/mol. The number of aromatic nitrogens is 1. The standard InChI is InChI=1S/C34H35ClNO4Si/c1-33(2,3)34(40-41(4)5,20-19-24-10-6-7-12-29(24)31(37)32(38)39)26-11-8-9-23(21-26)13-17-28-18-15-25-14-16-27(35)22-30(25)36-28/h6-18,21-22H,19-20H2,1-5H3,(H,38,39)/b17-13+/t34-/m1/s1. The highest BCUT2D eigenvalue weighted by molar-refractivity contribution is 6.48. The summed E-state index contributed by atoms with van der Waals surface area (Å²) in [4.78, 5) is 28.6. The van der Waals surface area contributed by atoms with Gasteiger partial charge in [-0.25, -0.2) is 9.78 Å². The van der Waals surface area contributed by atoms with Crippen molar-refractivity contribution in [2.24, 2.45) is 5.41 Å². The van der Waals surface area contributed by atoms with Crippen molar-refractivity contribution in [2.45, 2.75) is 52.3 Å². The Hall–Kier alpha value is -3.58. The minimum absolute atomic E-state index is 0.224. The average molecular weight is 585 g/mol. The van der Waals surface area contributed by atoms with Gasteiger partial charge in [0.1, 0.15) is 0 Å². The van der Waals surface area contributed by atoms with Gasteiger partial charge in [0.25, 0.3) is 5.78 Å². The minimum Gasteiger partial charge on any atom is -0.475 e. The van der Waals surface area contributed by atoms with Crippen LogP contribution in [0.15, 0.2) is 78.9 Å². The molecule has 1 aromatic heterocycles. The fraction of sp³-hybridized carbons (Fsp3) is 0.265. The number of rotatable bonds is 10. The third-order valence-electron chi connectivity index (χ3n) is 7.27. The quantitative estimate of drug-likeness (QED) is 0.115. The van der Waals surface area contributed by atoms with Crippen LogP contribution in [0.3, 0.4) is 0 Å². The van der Waals surface area contributed by atoms with Gasteiger partial charge in [-0.15, -0.1) is 0 Å². The second-order valence-corrected chi connectivity index (χ2v) is 13.9. The lowest BCUT2D eigenvalue weighted by Crippen LogP contribution is -2.46. The number of aliphatic carboxylic acids is 1. The normalized spacial score (nSPS) is 13.5. The van der Waals surface area contributed by atoms with Crippen LogP contribution in [-0.2, 0) is 21.2 Å². The molecule has 0 bridgehead atoms. The van der Waals surface area contributed by atoms with E-state index in [-0.39, 0.29) is 11.0 Å². The number of aryl methyl sites for hydroxylation is 1. The molecule has 0 aliphatic heterocycles. The Kier molecular flexibility index (Phi) is 9.27. The molecule has 4 aromatic rings. The number of carbonyl (C=O) groups is 2. The largest absolute Gasteiger partial charge is 0.475 e. The third kappa shape index (κ3) is 7.01. The van der Waals surface area contributed by atoms with Crippen LogP contribution in [0.25, 0.3) is 23.1 Å². The highest BCUT2D eigenvalue weighted by Gasteiger charge is 2.45. The molecule has 1 heterocycles.